The molecule has 0 aromatic carbocycles. The molecule has 6 nitrogen and oxygen atoms in total. The molecule has 1 fully saturated rings. The van der Waals surface area contributed by atoms with E-state index in [0.717, 1.165) is 56.9 Å². The van der Waals surface area contributed by atoms with Crippen molar-refractivity contribution in [2.45, 2.75) is 6.54 Å². The van der Waals surface area contributed by atoms with Crippen LogP contribution in [0.5, 0.6) is 0 Å². The first-order valence-corrected chi connectivity index (χ1v) is 7.11. The molecule has 3 rings (SSSR count). The van der Waals surface area contributed by atoms with Gasteiger partial charge >= 0.3 is 0 Å². The normalized spacial score (nSPS) is 18.2. The number of aromatic nitrogens is 1. The molecule has 0 aliphatic carbocycles. The van der Waals surface area contributed by atoms with Crippen LogP contribution < -0.4 is 10.2 Å². The number of ether oxygens (including phenoxy) is 1. The topological polar surface area (TPSA) is 53.0 Å². The highest BCUT2D eigenvalue weighted by Gasteiger charge is 2.14. The van der Waals surface area contributed by atoms with E-state index in [2.05, 4.69) is 39.3 Å². The number of halogens is 1. The Balaban J connectivity index is 0.00000161. The molecule has 2 aliphatic rings. The molecule has 1 aromatic rings. The van der Waals surface area contributed by atoms with Gasteiger partial charge in [-0.25, -0.2) is 4.98 Å². The van der Waals surface area contributed by atoms with Crippen LogP contribution in [0.25, 0.3) is 0 Å². The molecule has 0 amide bonds. The first-order chi connectivity index (χ1) is 9.83. The number of hydrogen-bond acceptors (Lipinski definition) is 6. The highest BCUT2D eigenvalue weighted by atomic mass is 127. The average molecular weight is 403 g/mol. The Morgan fingerprint density at radius 1 is 1.24 bits per heavy atom. The Labute approximate surface area is 142 Å². The predicted molar refractivity (Wildman–Crippen MR) is 94.5 cm³/mol. The summed E-state index contributed by atoms with van der Waals surface area (Å²) in [6, 6.07) is 6.18. The molecule has 0 bridgehead atoms. The summed E-state index contributed by atoms with van der Waals surface area (Å²) in [5, 5.41) is 3.35. The molecule has 2 aliphatic heterocycles. The van der Waals surface area contributed by atoms with Gasteiger partial charge in [-0.2, -0.15) is 0 Å². The van der Waals surface area contributed by atoms with E-state index >= 15 is 0 Å². The van der Waals surface area contributed by atoms with Gasteiger partial charge in [0.15, 0.2) is 5.96 Å². The minimum atomic E-state index is 0. The Bertz CT molecular complexity index is 490. The quantitative estimate of drug-likeness (QED) is 0.762. The van der Waals surface area contributed by atoms with Crippen molar-refractivity contribution in [1.82, 2.24) is 15.2 Å². The van der Waals surface area contributed by atoms with Gasteiger partial charge in [-0.05, 0) is 12.1 Å². The number of aliphatic imine (C=N–C) groups is 1. The molecular formula is C14H22IN5O. The van der Waals surface area contributed by atoms with Crippen LogP contribution in [0, 0.1) is 0 Å². The van der Waals surface area contributed by atoms with Crippen LogP contribution in [0.4, 0.5) is 5.82 Å². The van der Waals surface area contributed by atoms with E-state index in [1.54, 1.807) is 0 Å². The molecule has 1 N–H and O–H groups in total. The molecule has 0 spiro atoms. The second-order valence-corrected chi connectivity index (χ2v) is 5.07. The summed E-state index contributed by atoms with van der Waals surface area (Å²) in [6.45, 7) is 5.97. The smallest absolute Gasteiger partial charge is 0.194 e. The molecule has 7 heteroatoms. The molecule has 0 unspecified atom stereocenters. The lowest BCUT2D eigenvalue weighted by atomic mass is 10.3. The zero-order chi connectivity index (χ0) is 13.8. The maximum atomic E-state index is 5.38. The SMILES string of the molecule is CN1CCN=C1NCc1cccc(N2CCOCC2)n1.I. The standard InChI is InChI=1S/C14H21N5O.HI/c1-18-6-5-15-14(18)16-11-12-3-2-4-13(17-12)19-7-9-20-10-8-19;/h2-4H,5-11H2,1H3,(H,15,16);1H. The predicted octanol–water partition coefficient (Wildman–Crippen LogP) is 0.927. The Hall–Kier alpha value is -1.09. The molecule has 0 saturated carbocycles. The van der Waals surface area contributed by atoms with Crippen molar-refractivity contribution in [3.05, 3.63) is 23.9 Å². The number of morpholine rings is 1. The molecule has 3 heterocycles. The van der Waals surface area contributed by atoms with Crippen LogP contribution in [0.1, 0.15) is 5.69 Å². The monoisotopic (exact) mass is 403 g/mol. The number of hydrogen-bond donors (Lipinski definition) is 1. The van der Waals surface area contributed by atoms with Crippen molar-refractivity contribution >= 4 is 35.8 Å². The molecule has 21 heavy (non-hydrogen) atoms. The summed E-state index contributed by atoms with van der Waals surface area (Å²) >= 11 is 0. The van der Waals surface area contributed by atoms with E-state index in [1.165, 1.54) is 0 Å². The number of nitrogens with one attached hydrogen (secondary N) is 1. The number of pyridine rings is 1. The van der Waals surface area contributed by atoms with Crippen molar-refractivity contribution < 1.29 is 4.74 Å². The number of anilines is 1. The third-order valence-electron chi connectivity index (χ3n) is 3.61. The third-order valence-corrected chi connectivity index (χ3v) is 3.61. The van der Waals surface area contributed by atoms with Gasteiger partial charge in [-0.3, -0.25) is 4.99 Å². The highest BCUT2D eigenvalue weighted by molar-refractivity contribution is 14.0. The summed E-state index contributed by atoms with van der Waals surface area (Å²) in [4.78, 5) is 13.5. The fourth-order valence-electron chi connectivity index (χ4n) is 2.43. The van der Waals surface area contributed by atoms with Crippen molar-refractivity contribution in [2.24, 2.45) is 4.99 Å². The summed E-state index contributed by atoms with van der Waals surface area (Å²) in [6.07, 6.45) is 0. The van der Waals surface area contributed by atoms with Crippen molar-refractivity contribution in [3.63, 3.8) is 0 Å². The summed E-state index contributed by atoms with van der Waals surface area (Å²) in [5.41, 5.74) is 1.04. The van der Waals surface area contributed by atoms with Gasteiger partial charge in [0.25, 0.3) is 0 Å². The number of rotatable bonds is 3. The molecular weight excluding hydrogens is 381 g/mol. The summed E-state index contributed by atoms with van der Waals surface area (Å²) in [5.74, 6) is 2.00. The summed E-state index contributed by atoms with van der Waals surface area (Å²) in [7, 11) is 2.05. The van der Waals surface area contributed by atoms with E-state index in [9.17, 15) is 0 Å². The van der Waals surface area contributed by atoms with E-state index in [1.807, 2.05) is 6.07 Å². The maximum Gasteiger partial charge on any atom is 0.194 e. The zero-order valence-electron chi connectivity index (χ0n) is 12.3. The first kappa shape index (κ1) is 16.3. The fraction of sp³-hybridized carbons (Fsp3) is 0.571. The largest absolute Gasteiger partial charge is 0.378 e. The molecule has 1 saturated heterocycles. The number of guanidine groups is 1. The van der Waals surface area contributed by atoms with Crippen molar-refractivity contribution in [2.75, 3.05) is 51.3 Å². The van der Waals surface area contributed by atoms with E-state index < -0.39 is 0 Å². The molecule has 0 radical (unpaired) electrons. The van der Waals surface area contributed by atoms with E-state index in [4.69, 9.17) is 9.72 Å². The second kappa shape index (κ2) is 7.79. The van der Waals surface area contributed by atoms with Gasteiger partial charge in [0, 0.05) is 26.7 Å². The van der Waals surface area contributed by atoms with E-state index in [0.29, 0.717) is 6.54 Å². The van der Waals surface area contributed by atoms with Crippen molar-refractivity contribution in [1.29, 1.82) is 0 Å². The minimum absolute atomic E-state index is 0. The van der Waals surface area contributed by atoms with Crippen LogP contribution in [-0.2, 0) is 11.3 Å². The van der Waals surface area contributed by atoms with Gasteiger partial charge in [0.1, 0.15) is 5.82 Å². The van der Waals surface area contributed by atoms with Gasteiger partial charge < -0.3 is 19.9 Å². The molecule has 116 valence electrons. The Morgan fingerprint density at radius 2 is 2.05 bits per heavy atom. The summed E-state index contributed by atoms with van der Waals surface area (Å²) < 4.78 is 5.38. The number of likely N-dealkylation sites (N-methyl/N-ethyl adjacent to an activating group) is 1. The molecule has 0 atom stereocenters. The third kappa shape index (κ3) is 4.19. The Morgan fingerprint density at radius 3 is 2.76 bits per heavy atom. The van der Waals surface area contributed by atoms with Crippen molar-refractivity contribution in [3.8, 4) is 0 Å². The maximum absolute atomic E-state index is 5.38. The van der Waals surface area contributed by atoms with Gasteiger partial charge in [-0.1, -0.05) is 6.07 Å². The lowest BCUT2D eigenvalue weighted by Gasteiger charge is -2.28. The van der Waals surface area contributed by atoms with Crippen LogP contribution >= 0.6 is 24.0 Å². The fourth-order valence-corrected chi connectivity index (χ4v) is 2.43. The lowest BCUT2D eigenvalue weighted by molar-refractivity contribution is 0.122. The van der Waals surface area contributed by atoms with Crippen LogP contribution in [0.3, 0.4) is 0 Å². The molecule has 1 aromatic heterocycles. The highest BCUT2D eigenvalue weighted by Crippen LogP contribution is 2.13. The Kier molecular flexibility index (Phi) is 6.04. The lowest BCUT2D eigenvalue weighted by Crippen LogP contribution is -2.37. The zero-order valence-corrected chi connectivity index (χ0v) is 14.6. The van der Waals surface area contributed by atoms with Crippen LogP contribution in [0.15, 0.2) is 23.2 Å². The second-order valence-electron chi connectivity index (χ2n) is 5.07. The average Bonchev–Trinajstić information content (AvgIpc) is 2.92. The van der Waals surface area contributed by atoms with Gasteiger partial charge in [0.2, 0.25) is 0 Å². The van der Waals surface area contributed by atoms with Crippen LogP contribution in [-0.4, -0.2) is 62.3 Å². The van der Waals surface area contributed by atoms with Gasteiger partial charge in [-0.15, -0.1) is 24.0 Å². The van der Waals surface area contributed by atoms with Crippen LogP contribution in [0.2, 0.25) is 0 Å². The number of nitrogens with zero attached hydrogens (tertiary/aromatic N) is 4. The first-order valence-electron chi connectivity index (χ1n) is 7.11. The van der Waals surface area contributed by atoms with Gasteiger partial charge in [0.05, 0.1) is 32.0 Å². The van der Waals surface area contributed by atoms with E-state index in [-0.39, 0.29) is 24.0 Å². The minimum Gasteiger partial charge on any atom is -0.378 e.